The molecule has 1 aromatic rings. The molecule has 0 saturated heterocycles. The van der Waals surface area contributed by atoms with E-state index >= 15 is 0 Å². The summed E-state index contributed by atoms with van der Waals surface area (Å²) in [6.45, 7) is 6.74. The lowest BCUT2D eigenvalue weighted by Gasteiger charge is -2.11. The van der Waals surface area contributed by atoms with E-state index in [1.165, 1.54) is 17.5 Å². The van der Waals surface area contributed by atoms with Crippen molar-refractivity contribution < 1.29 is 0 Å². The third-order valence-corrected chi connectivity index (χ3v) is 2.95. The van der Waals surface area contributed by atoms with Gasteiger partial charge in [0.2, 0.25) is 0 Å². The summed E-state index contributed by atoms with van der Waals surface area (Å²) < 4.78 is 0. The molecule has 84 valence electrons. The third-order valence-electron chi connectivity index (χ3n) is 2.73. The zero-order valence-electron chi connectivity index (χ0n) is 9.96. The molecule has 1 rings (SSSR count). The Hall–Kier alpha value is -0.490. The van der Waals surface area contributed by atoms with Gasteiger partial charge in [0.05, 0.1) is 0 Å². The monoisotopic (exact) mass is 224 g/mol. The van der Waals surface area contributed by atoms with Crippen LogP contribution in [0.2, 0.25) is 0 Å². The van der Waals surface area contributed by atoms with E-state index in [1.807, 2.05) is 0 Å². The van der Waals surface area contributed by atoms with E-state index in [9.17, 15) is 0 Å². The van der Waals surface area contributed by atoms with E-state index in [1.54, 1.807) is 0 Å². The Balaban J connectivity index is 2.63. The van der Waals surface area contributed by atoms with Crippen molar-refractivity contribution in [2.24, 2.45) is 5.92 Å². The molecule has 0 aromatic heterocycles. The van der Waals surface area contributed by atoms with Crippen LogP contribution in [-0.2, 0) is 6.42 Å². The van der Waals surface area contributed by atoms with Gasteiger partial charge in [-0.3, -0.25) is 0 Å². The second-order valence-corrected chi connectivity index (χ2v) is 5.10. The number of benzene rings is 1. The summed E-state index contributed by atoms with van der Waals surface area (Å²) in [6, 6.07) is 8.99. The van der Waals surface area contributed by atoms with Crippen LogP contribution in [0.3, 0.4) is 0 Å². The van der Waals surface area contributed by atoms with Crippen LogP contribution in [0.5, 0.6) is 0 Å². The van der Waals surface area contributed by atoms with Gasteiger partial charge in [-0.05, 0) is 35.8 Å². The van der Waals surface area contributed by atoms with Gasteiger partial charge in [-0.2, -0.15) is 0 Å². The van der Waals surface area contributed by atoms with Crippen LogP contribution < -0.4 is 0 Å². The van der Waals surface area contributed by atoms with Crippen molar-refractivity contribution >= 4 is 11.6 Å². The van der Waals surface area contributed by atoms with Crippen molar-refractivity contribution in [1.82, 2.24) is 0 Å². The molecule has 0 spiro atoms. The van der Waals surface area contributed by atoms with Crippen LogP contribution in [-0.4, -0.2) is 5.88 Å². The highest BCUT2D eigenvalue weighted by Crippen LogP contribution is 2.20. The van der Waals surface area contributed by atoms with Crippen LogP contribution in [0.25, 0.3) is 0 Å². The van der Waals surface area contributed by atoms with Crippen molar-refractivity contribution in [2.45, 2.75) is 39.5 Å². The Morgan fingerprint density at radius 3 is 2.13 bits per heavy atom. The van der Waals surface area contributed by atoms with E-state index in [0.717, 1.165) is 18.2 Å². The van der Waals surface area contributed by atoms with Crippen LogP contribution in [0.1, 0.15) is 44.2 Å². The van der Waals surface area contributed by atoms with Crippen LogP contribution in [0.15, 0.2) is 24.3 Å². The molecule has 0 N–H and O–H groups in total. The Morgan fingerprint density at radius 1 is 1.07 bits per heavy atom. The minimum atomic E-state index is 0.579. The molecule has 0 aliphatic carbocycles. The molecule has 0 nitrogen and oxygen atoms in total. The van der Waals surface area contributed by atoms with Crippen LogP contribution in [0, 0.1) is 5.92 Å². The standard InChI is InChI=1S/C14H21Cl/c1-11(2)10-13-4-6-14(7-5-13)12(3)8-9-15/h4-7,11-12H,8-10H2,1-3H3. The maximum absolute atomic E-state index is 5.75. The summed E-state index contributed by atoms with van der Waals surface area (Å²) >= 11 is 5.75. The van der Waals surface area contributed by atoms with Crippen molar-refractivity contribution in [3.05, 3.63) is 35.4 Å². The zero-order valence-corrected chi connectivity index (χ0v) is 10.7. The van der Waals surface area contributed by atoms with Crippen molar-refractivity contribution in [3.8, 4) is 0 Å². The van der Waals surface area contributed by atoms with Gasteiger partial charge in [0.15, 0.2) is 0 Å². The van der Waals surface area contributed by atoms with E-state index in [-0.39, 0.29) is 0 Å². The fourth-order valence-corrected chi connectivity index (χ4v) is 2.11. The first-order chi connectivity index (χ1) is 7.13. The second-order valence-electron chi connectivity index (χ2n) is 4.72. The van der Waals surface area contributed by atoms with Gasteiger partial charge >= 0.3 is 0 Å². The van der Waals surface area contributed by atoms with Crippen LogP contribution in [0.4, 0.5) is 0 Å². The first-order valence-corrected chi connectivity index (χ1v) is 6.31. The van der Waals surface area contributed by atoms with Crippen LogP contribution >= 0.6 is 11.6 Å². The molecule has 1 unspecified atom stereocenters. The largest absolute Gasteiger partial charge is 0.127 e. The molecule has 0 bridgehead atoms. The Morgan fingerprint density at radius 2 is 1.67 bits per heavy atom. The fraction of sp³-hybridized carbons (Fsp3) is 0.571. The van der Waals surface area contributed by atoms with E-state index in [4.69, 9.17) is 11.6 Å². The topological polar surface area (TPSA) is 0 Å². The number of hydrogen-bond acceptors (Lipinski definition) is 0. The highest BCUT2D eigenvalue weighted by Gasteiger charge is 2.04. The second kappa shape index (κ2) is 6.17. The lowest BCUT2D eigenvalue weighted by atomic mass is 9.95. The number of halogens is 1. The molecular formula is C14H21Cl. The molecule has 0 aliphatic heterocycles. The molecular weight excluding hydrogens is 204 g/mol. The minimum absolute atomic E-state index is 0.579. The summed E-state index contributed by atoms with van der Waals surface area (Å²) in [5.41, 5.74) is 2.84. The summed E-state index contributed by atoms with van der Waals surface area (Å²) in [6.07, 6.45) is 2.23. The van der Waals surface area contributed by atoms with Gasteiger partial charge in [0, 0.05) is 5.88 Å². The quantitative estimate of drug-likeness (QED) is 0.641. The first kappa shape index (κ1) is 12.6. The lowest BCUT2D eigenvalue weighted by Crippen LogP contribution is -1.97. The van der Waals surface area contributed by atoms with Crippen molar-refractivity contribution in [2.75, 3.05) is 5.88 Å². The fourth-order valence-electron chi connectivity index (χ4n) is 1.78. The summed E-state index contributed by atoms with van der Waals surface area (Å²) in [5, 5.41) is 0. The Bertz CT molecular complexity index is 274. The first-order valence-electron chi connectivity index (χ1n) is 5.78. The highest BCUT2D eigenvalue weighted by molar-refractivity contribution is 6.17. The Labute approximate surface area is 98.7 Å². The SMILES string of the molecule is CC(C)Cc1ccc(C(C)CCCl)cc1. The molecule has 0 heterocycles. The molecule has 1 heteroatoms. The van der Waals surface area contributed by atoms with E-state index < -0.39 is 0 Å². The molecule has 0 amide bonds. The molecule has 15 heavy (non-hydrogen) atoms. The minimum Gasteiger partial charge on any atom is -0.127 e. The average molecular weight is 225 g/mol. The van der Waals surface area contributed by atoms with Gasteiger partial charge in [-0.25, -0.2) is 0 Å². The zero-order chi connectivity index (χ0) is 11.3. The van der Waals surface area contributed by atoms with Gasteiger partial charge in [-0.15, -0.1) is 11.6 Å². The number of hydrogen-bond donors (Lipinski definition) is 0. The van der Waals surface area contributed by atoms with Gasteiger partial charge < -0.3 is 0 Å². The summed E-state index contributed by atoms with van der Waals surface area (Å²) in [5.74, 6) is 2.06. The van der Waals surface area contributed by atoms with Gasteiger partial charge in [-0.1, -0.05) is 45.0 Å². The summed E-state index contributed by atoms with van der Waals surface area (Å²) in [4.78, 5) is 0. The predicted molar refractivity (Wildman–Crippen MR) is 68.7 cm³/mol. The molecule has 0 saturated carbocycles. The number of alkyl halides is 1. The average Bonchev–Trinajstić information content (AvgIpc) is 2.18. The molecule has 1 atom stereocenters. The van der Waals surface area contributed by atoms with Gasteiger partial charge in [0.25, 0.3) is 0 Å². The predicted octanol–water partition coefficient (Wildman–Crippen LogP) is 4.62. The van der Waals surface area contributed by atoms with Crippen molar-refractivity contribution in [1.29, 1.82) is 0 Å². The van der Waals surface area contributed by atoms with Gasteiger partial charge in [0.1, 0.15) is 0 Å². The van der Waals surface area contributed by atoms with E-state index in [2.05, 4.69) is 45.0 Å². The third kappa shape index (κ3) is 4.25. The molecule has 0 radical (unpaired) electrons. The molecule has 0 aliphatic rings. The normalized spacial score (nSPS) is 13.1. The Kier molecular flexibility index (Phi) is 5.17. The summed E-state index contributed by atoms with van der Waals surface area (Å²) in [7, 11) is 0. The highest BCUT2D eigenvalue weighted by atomic mass is 35.5. The molecule has 0 fully saturated rings. The maximum atomic E-state index is 5.75. The lowest BCUT2D eigenvalue weighted by molar-refractivity contribution is 0.646. The maximum Gasteiger partial charge on any atom is 0.0229 e. The van der Waals surface area contributed by atoms with Crippen molar-refractivity contribution in [3.63, 3.8) is 0 Å². The number of rotatable bonds is 5. The smallest absolute Gasteiger partial charge is 0.0229 e. The molecule has 1 aromatic carbocycles. The van der Waals surface area contributed by atoms with E-state index in [0.29, 0.717) is 5.92 Å².